The van der Waals surface area contributed by atoms with E-state index in [0.29, 0.717) is 36.0 Å². The average Bonchev–Trinajstić information content (AvgIpc) is 2.73. The summed E-state index contributed by atoms with van der Waals surface area (Å²) in [4.78, 5) is 20.9. The number of halogens is 3. The van der Waals surface area contributed by atoms with Crippen molar-refractivity contribution in [2.45, 2.75) is 26.1 Å². The molecular weight excluding hydrogens is 413 g/mol. The van der Waals surface area contributed by atoms with Crippen molar-refractivity contribution in [2.24, 2.45) is 0 Å². The monoisotopic (exact) mass is 437 g/mol. The Hall–Kier alpha value is -3.05. The summed E-state index contributed by atoms with van der Waals surface area (Å²) in [5.74, 6) is 1.70. The first kappa shape index (κ1) is 21.2. The molecule has 2 aromatic rings. The molecule has 2 aliphatic rings. The number of anilines is 1. The Labute approximate surface area is 176 Å². The van der Waals surface area contributed by atoms with E-state index < -0.39 is 23.5 Å². The van der Waals surface area contributed by atoms with Crippen LogP contribution in [0.4, 0.5) is 24.8 Å². The van der Waals surface area contributed by atoms with Gasteiger partial charge in [0.05, 0.1) is 24.8 Å². The Kier molecular flexibility index (Phi) is 5.63. The highest BCUT2D eigenvalue weighted by Crippen LogP contribution is 2.35. The van der Waals surface area contributed by atoms with Crippen molar-refractivity contribution < 1.29 is 23.3 Å². The minimum absolute atomic E-state index is 0.145. The van der Waals surface area contributed by atoms with Crippen LogP contribution in [0.1, 0.15) is 35.2 Å². The van der Waals surface area contributed by atoms with Crippen molar-refractivity contribution in [2.75, 3.05) is 31.6 Å². The summed E-state index contributed by atoms with van der Waals surface area (Å²) in [6.45, 7) is 5.88. The molecule has 8 nitrogen and oxygen atoms in total. The first-order valence-electron chi connectivity index (χ1n) is 9.96. The predicted octanol–water partition coefficient (Wildman–Crippen LogP) is 1.61. The van der Waals surface area contributed by atoms with Crippen LogP contribution in [0.15, 0.2) is 28.8 Å². The van der Waals surface area contributed by atoms with E-state index in [4.69, 9.17) is 4.74 Å². The van der Waals surface area contributed by atoms with Crippen LogP contribution in [0.25, 0.3) is 6.08 Å². The zero-order valence-corrected chi connectivity index (χ0v) is 17.1. The van der Waals surface area contributed by atoms with E-state index in [9.17, 15) is 18.0 Å². The van der Waals surface area contributed by atoms with Crippen LogP contribution in [-0.4, -0.2) is 41.2 Å². The number of morpholine rings is 1. The highest BCUT2D eigenvalue weighted by atomic mass is 19.4. The molecule has 166 valence electrons. The summed E-state index contributed by atoms with van der Waals surface area (Å²) in [7, 11) is 0. The Morgan fingerprint density at radius 2 is 2.03 bits per heavy atom. The minimum atomic E-state index is -4.43. The van der Waals surface area contributed by atoms with Crippen LogP contribution in [0.5, 0.6) is 0 Å². The molecule has 1 saturated heterocycles. The molecule has 4 rings (SSSR count). The summed E-state index contributed by atoms with van der Waals surface area (Å²) < 4.78 is 45.3. The third kappa shape index (κ3) is 4.37. The number of nitrogens with zero attached hydrogens (tertiary/aromatic N) is 2. The maximum atomic E-state index is 13.3. The number of benzene rings is 1. The summed E-state index contributed by atoms with van der Waals surface area (Å²) >= 11 is 0. The quantitative estimate of drug-likeness (QED) is 0.543. The second-order valence-corrected chi connectivity index (χ2v) is 7.52. The molecule has 0 bridgehead atoms. The fourth-order valence-electron chi connectivity index (χ4n) is 3.89. The molecule has 31 heavy (non-hydrogen) atoms. The van der Waals surface area contributed by atoms with Gasteiger partial charge in [-0.1, -0.05) is 12.1 Å². The van der Waals surface area contributed by atoms with E-state index in [1.165, 1.54) is 13.0 Å². The highest BCUT2D eigenvalue weighted by Gasteiger charge is 2.33. The fourth-order valence-corrected chi connectivity index (χ4v) is 3.89. The summed E-state index contributed by atoms with van der Waals surface area (Å²) in [6.07, 6.45) is -2.56. The highest BCUT2D eigenvalue weighted by molar-refractivity contribution is 5.71. The van der Waals surface area contributed by atoms with E-state index in [2.05, 4.69) is 25.6 Å². The summed E-state index contributed by atoms with van der Waals surface area (Å²) in [5, 5.41) is 3.14. The standard InChI is InChI=1S/C20H23F3N6O2/c1-11-13(4-3-5-15(11)20(21,22)23)12(2)24-17-14-10-16(29-6-8-31-9-7-29)27-28-18(14)26-19(30)25-17/h3-5,10,12,27H,6-9H2,1-2H3,(H3,24,25,26,28,30)/p+1/t12-/m1/s1. The maximum Gasteiger partial charge on any atom is 0.416 e. The van der Waals surface area contributed by atoms with Crippen molar-refractivity contribution in [3.63, 3.8) is 0 Å². The van der Waals surface area contributed by atoms with Crippen molar-refractivity contribution in [1.29, 1.82) is 0 Å². The third-order valence-corrected chi connectivity index (χ3v) is 5.50. The Morgan fingerprint density at radius 3 is 2.74 bits per heavy atom. The van der Waals surface area contributed by atoms with Crippen molar-refractivity contribution in [1.82, 2.24) is 20.3 Å². The molecule has 0 aliphatic carbocycles. The minimum Gasteiger partial charge on any atom is -0.378 e. The van der Waals surface area contributed by atoms with Gasteiger partial charge in [0.15, 0.2) is 5.82 Å². The zero-order valence-electron chi connectivity index (χ0n) is 17.1. The van der Waals surface area contributed by atoms with Crippen LogP contribution in [0.3, 0.4) is 0 Å². The second-order valence-electron chi connectivity index (χ2n) is 7.52. The number of nitrogens with two attached hydrogens (primary N) is 1. The van der Waals surface area contributed by atoms with E-state index in [1.54, 1.807) is 18.4 Å². The average molecular weight is 437 g/mol. The molecule has 3 heterocycles. The Morgan fingerprint density at radius 1 is 1.29 bits per heavy atom. The first-order chi connectivity index (χ1) is 14.7. The number of nitrogens with one attached hydrogen (secondary N) is 3. The van der Waals surface area contributed by atoms with E-state index in [0.717, 1.165) is 25.0 Å². The number of hydrogen-bond acceptors (Lipinski definition) is 6. The molecule has 11 heteroatoms. The van der Waals surface area contributed by atoms with Gasteiger partial charge in [0, 0.05) is 19.2 Å². The summed E-state index contributed by atoms with van der Waals surface area (Å²) in [5.41, 5.74) is 4.94. The van der Waals surface area contributed by atoms with E-state index >= 15 is 0 Å². The van der Waals surface area contributed by atoms with Crippen molar-refractivity contribution in [3.8, 4) is 0 Å². The number of fused-ring (bicyclic) bond motifs is 1. The number of alkyl halides is 3. The van der Waals surface area contributed by atoms with Gasteiger partial charge in [0.25, 0.3) is 0 Å². The molecule has 1 fully saturated rings. The normalized spacial score (nSPS) is 17.5. The molecule has 0 unspecified atom stereocenters. The predicted molar refractivity (Wildman–Crippen MR) is 108 cm³/mol. The topological polar surface area (TPSA) is 98.9 Å². The summed E-state index contributed by atoms with van der Waals surface area (Å²) in [6, 6.07) is 3.59. The molecule has 5 N–H and O–H groups in total. The van der Waals surface area contributed by atoms with Gasteiger partial charge in [-0.25, -0.2) is 10.2 Å². The largest absolute Gasteiger partial charge is 0.416 e. The van der Waals surface area contributed by atoms with E-state index in [1.807, 2.05) is 6.08 Å². The number of ether oxygens (including phenoxy) is 1. The molecule has 0 spiro atoms. The Balaban J connectivity index is 1.67. The zero-order chi connectivity index (χ0) is 22.2. The van der Waals surface area contributed by atoms with Crippen LogP contribution >= 0.6 is 0 Å². The van der Waals surface area contributed by atoms with Gasteiger partial charge in [0.2, 0.25) is 5.82 Å². The molecule has 1 aromatic carbocycles. The second kappa shape index (κ2) is 8.23. The lowest BCUT2D eigenvalue weighted by atomic mass is 9.97. The van der Waals surface area contributed by atoms with Gasteiger partial charge in [-0.15, -0.1) is 0 Å². The molecule has 1 aromatic heterocycles. The van der Waals surface area contributed by atoms with Gasteiger partial charge in [-0.3, -0.25) is 4.98 Å². The van der Waals surface area contributed by atoms with Gasteiger partial charge in [0.1, 0.15) is 11.4 Å². The van der Waals surface area contributed by atoms with Gasteiger partial charge < -0.3 is 15.0 Å². The number of rotatable bonds is 4. The van der Waals surface area contributed by atoms with Crippen molar-refractivity contribution >= 4 is 17.7 Å². The Bertz CT molecular complexity index is 1060. The number of quaternary nitrogens is 1. The third-order valence-electron chi connectivity index (χ3n) is 5.50. The van der Waals surface area contributed by atoms with Crippen LogP contribution in [0, 0.1) is 6.92 Å². The number of aromatic amines is 1. The first-order valence-corrected chi connectivity index (χ1v) is 9.96. The van der Waals surface area contributed by atoms with Crippen molar-refractivity contribution in [3.05, 3.63) is 56.8 Å². The number of aromatic nitrogens is 2. The molecule has 0 radical (unpaired) electrons. The van der Waals surface area contributed by atoms with Gasteiger partial charge >= 0.3 is 11.9 Å². The lowest BCUT2D eigenvalue weighted by Crippen LogP contribution is -2.90. The lowest BCUT2D eigenvalue weighted by molar-refractivity contribution is -0.633. The molecular formula is C20H24F3N6O2+. The SMILES string of the molecule is Cc1c([C@@H](C)Nc2nc(=O)[nH]c3c2C=C(N2CCOCC2)N[NH2+]3)cccc1C(F)(F)F. The van der Waals surface area contributed by atoms with Crippen LogP contribution < -0.4 is 21.9 Å². The smallest absolute Gasteiger partial charge is 0.378 e. The van der Waals surface area contributed by atoms with Crippen LogP contribution in [-0.2, 0) is 10.9 Å². The number of H-pyrrole nitrogens is 1. The molecule has 0 saturated carbocycles. The number of hydrogen-bond donors (Lipinski definition) is 4. The maximum absolute atomic E-state index is 13.3. The molecule has 0 amide bonds. The van der Waals surface area contributed by atoms with Crippen LogP contribution in [0.2, 0.25) is 0 Å². The van der Waals surface area contributed by atoms with Gasteiger partial charge in [-0.2, -0.15) is 23.6 Å². The molecule has 1 atom stereocenters. The lowest BCUT2D eigenvalue weighted by Gasteiger charge is -2.32. The van der Waals surface area contributed by atoms with Gasteiger partial charge in [-0.05, 0) is 31.0 Å². The molecule has 2 aliphatic heterocycles. The fraction of sp³-hybridized carbons (Fsp3) is 0.400. The van der Waals surface area contributed by atoms with E-state index in [-0.39, 0.29) is 5.56 Å².